The molecule has 1 aliphatic rings. The SMILES string of the molecule is O=C(NC1CCN(C(=O)c2cccc(I)c2)CC1)c1ccccc1. The highest BCUT2D eigenvalue weighted by molar-refractivity contribution is 14.1. The van der Waals surface area contributed by atoms with Crippen LogP contribution in [0.15, 0.2) is 54.6 Å². The molecule has 0 radical (unpaired) electrons. The summed E-state index contributed by atoms with van der Waals surface area (Å²) in [5.41, 5.74) is 1.41. The molecule has 3 rings (SSSR count). The second-order valence-corrected chi connectivity index (χ2v) is 7.16. The molecule has 0 bridgehead atoms. The van der Waals surface area contributed by atoms with Crippen LogP contribution in [-0.4, -0.2) is 35.8 Å². The first kappa shape index (κ1) is 17.0. The van der Waals surface area contributed by atoms with Crippen molar-refractivity contribution in [1.29, 1.82) is 0 Å². The van der Waals surface area contributed by atoms with Gasteiger partial charge in [-0.05, 0) is 65.8 Å². The van der Waals surface area contributed by atoms with E-state index in [1.54, 1.807) is 0 Å². The van der Waals surface area contributed by atoms with Crippen molar-refractivity contribution < 1.29 is 9.59 Å². The first-order valence-corrected chi connectivity index (χ1v) is 9.12. The minimum absolute atomic E-state index is 0.0435. The summed E-state index contributed by atoms with van der Waals surface area (Å²) in [6.45, 7) is 1.34. The fourth-order valence-electron chi connectivity index (χ4n) is 2.89. The summed E-state index contributed by atoms with van der Waals surface area (Å²) < 4.78 is 1.06. The van der Waals surface area contributed by atoms with Gasteiger partial charge in [-0.15, -0.1) is 0 Å². The van der Waals surface area contributed by atoms with Crippen LogP contribution in [0.25, 0.3) is 0 Å². The number of carbonyl (C=O) groups is 2. The quantitative estimate of drug-likeness (QED) is 0.754. The van der Waals surface area contributed by atoms with Gasteiger partial charge in [-0.25, -0.2) is 0 Å². The van der Waals surface area contributed by atoms with Gasteiger partial charge in [-0.2, -0.15) is 0 Å². The van der Waals surface area contributed by atoms with E-state index >= 15 is 0 Å². The van der Waals surface area contributed by atoms with Gasteiger partial charge in [-0.3, -0.25) is 9.59 Å². The average Bonchev–Trinajstić information content (AvgIpc) is 2.62. The maximum Gasteiger partial charge on any atom is 0.253 e. The zero-order valence-corrected chi connectivity index (χ0v) is 15.4. The normalized spacial score (nSPS) is 15.1. The van der Waals surface area contributed by atoms with E-state index in [9.17, 15) is 9.59 Å². The Morgan fingerprint density at radius 1 is 0.958 bits per heavy atom. The molecule has 1 fully saturated rings. The summed E-state index contributed by atoms with van der Waals surface area (Å²) in [4.78, 5) is 26.6. The van der Waals surface area contributed by atoms with Crippen LogP contribution < -0.4 is 5.32 Å². The highest BCUT2D eigenvalue weighted by Gasteiger charge is 2.24. The molecule has 24 heavy (non-hydrogen) atoms. The van der Waals surface area contributed by atoms with Gasteiger partial charge < -0.3 is 10.2 Å². The molecular weight excluding hydrogens is 415 g/mol. The fraction of sp³-hybridized carbons (Fsp3) is 0.263. The van der Waals surface area contributed by atoms with E-state index in [-0.39, 0.29) is 17.9 Å². The maximum absolute atomic E-state index is 12.5. The Labute approximate surface area is 155 Å². The average molecular weight is 434 g/mol. The largest absolute Gasteiger partial charge is 0.349 e. The van der Waals surface area contributed by atoms with Gasteiger partial charge in [0.15, 0.2) is 0 Å². The second kappa shape index (κ2) is 7.79. The lowest BCUT2D eigenvalue weighted by atomic mass is 10.0. The highest BCUT2D eigenvalue weighted by atomic mass is 127. The zero-order valence-electron chi connectivity index (χ0n) is 13.2. The molecule has 2 amide bonds. The van der Waals surface area contributed by atoms with E-state index < -0.39 is 0 Å². The van der Waals surface area contributed by atoms with Crippen molar-refractivity contribution in [3.8, 4) is 0 Å². The van der Waals surface area contributed by atoms with E-state index in [1.165, 1.54) is 0 Å². The second-order valence-electron chi connectivity index (χ2n) is 5.92. The number of benzene rings is 2. The Bertz CT molecular complexity index is 725. The number of hydrogen-bond acceptors (Lipinski definition) is 2. The molecule has 2 aromatic rings. The number of rotatable bonds is 3. The predicted octanol–water partition coefficient (Wildman–Crippen LogP) is 3.33. The summed E-state index contributed by atoms with van der Waals surface area (Å²) >= 11 is 2.21. The van der Waals surface area contributed by atoms with Crippen molar-refractivity contribution in [2.24, 2.45) is 0 Å². The van der Waals surface area contributed by atoms with Crippen LogP contribution in [0.1, 0.15) is 33.6 Å². The standard InChI is InChI=1S/C19H19IN2O2/c20-16-8-4-7-15(13-16)19(24)22-11-9-17(10-12-22)21-18(23)14-5-2-1-3-6-14/h1-8,13,17H,9-12H2,(H,21,23). The molecule has 0 aliphatic carbocycles. The Hall–Kier alpha value is -1.89. The predicted molar refractivity (Wildman–Crippen MR) is 102 cm³/mol. The van der Waals surface area contributed by atoms with Crippen LogP contribution in [0.2, 0.25) is 0 Å². The Morgan fingerprint density at radius 2 is 1.62 bits per heavy atom. The number of piperidine rings is 1. The molecule has 0 saturated carbocycles. The zero-order chi connectivity index (χ0) is 16.9. The highest BCUT2D eigenvalue weighted by Crippen LogP contribution is 2.16. The van der Waals surface area contributed by atoms with E-state index in [0.29, 0.717) is 18.7 Å². The summed E-state index contributed by atoms with van der Waals surface area (Å²) in [6, 6.07) is 17.0. The lowest BCUT2D eigenvalue weighted by molar-refractivity contribution is 0.0698. The van der Waals surface area contributed by atoms with Crippen molar-refractivity contribution in [3.05, 3.63) is 69.3 Å². The molecule has 2 aromatic carbocycles. The van der Waals surface area contributed by atoms with Gasteiger partial charge in [0.1, 0.15) is 0 Å². The van der Waals surface area contributed by atoms with Gasteiger partial charge in [0.25, 0.3) is 11.8 Å². The lowest BCUT2D eigenvalue weighted by Gasteiger charge is -2.32. The van der Waals surface area contributed by atoms with Gasteiger partial charge in [0.05, 0.1) is 0 Å². The molecule has 1 aliphatic heterocycles. The van der Waals surface area contributed by atoms with Crippen molar-refractivity contribution in [2.75, 3.05) is 13.1 Å². The first-order valence-electron chi connectivity index (χ1n) is 8.04. The van der Waals surface area contributed by atoms with E-state index in [1.807, 2.05) is 59.5 Å². The number of carbonyl (C=O) groups excluding carboxylic acids is 2. The number of hydrogen-bond donors (Lipinski definition) is 1. The van der Waals surface area contributed by atoms with E-state index in [0.717, 1.165) is 22.0 Å². The van der Waals surface area contributed by atoms with Crippen LogP contribution in [0, 0.1) is 3.57 Å². The number of nitrogens with zero attached hydrogens (tertiary/aromatic N) is 1. The third-order valence-electron chi connectivity index (χ3n) is 4.22. The lowest BCUT2D eigenvalue weighted by Crippen LogP contribution is -2.46. The van der Waals surface area contributed by atoms with Gasteiger partial charge >= 0.3 is 0 Å². The molecule has 0 atom stereocenters. The Kier molecular flexibility index (Phi) is 5.50. The number of likely N-dealkylation sites (tertiary alicyclic amines) is 1. The number of amides is 2. The molecular formula is C19H19IN2O2. The minimum atomic E-state index is -0.0435. The maximum atomic E-state index is 12.5. The fourth-order valence-corrected chi connectivity index (χ4v) is 3.43. The molecule has 4 nitrogen and oxygen atoms in total. The van der Waals surface area contributed by atoms with Crippen LogP contribution in [0.4, 0.5) is 0 Å². The molecule has 1 heterocycles. The first-order chi connectivity index (χ1) is 11.6. The van der Waals surface area contributed by atoms with Gasteiger partial charge in [-0.1, -0.05) is 24.3 Å². The Balaban J connectivity index is 1.54. The van der Waals surface area contributed by atoms with Gasteiger partial charge in [0.2, 0.25) is 0 Å². The third-order valence-corrected chi connectivity index (χ3v) is 4.90. The van der Waals surface area contributed by atoms with Crippen molar-refractivity contribution in [2.45, 2.75) is 18.9 Å². The third kappa shape index (κ3) is 4.14. The van der Waals surface area contributed by atoms with Crippen LogP contribution in [-0.2, 0) is 0 Å². The molecule has 124 valence electrons. The van der Waals surface area contributed by atoms with Crippen molar-refractivity contribution in [1.82, 2.24) is 10.2 Å². The van der Waals surface area contributed by atoms with Crippen LogP contribution >= 0.6 is 22.6 Å². The van der Waals surface area contributed by atoms with E-state index in [2.05, 4.69) is 27.9 Å². The Morgan fingerprint density at radius 3 is 2.29 bits per heavy atom. The van der Waals surface area contributed by atoms with Gasteiger partial charge in [0, 0.05) is 33.8 Å². The summed E-state index contributed by atoms with van der Waals surface area (Å²) in [6.07, 6.45) is 1.57. The summed E-state index contributed by atoms with van der Waals surface area (Å²) in [7, 11) is 0. The van der Waals surface area contributed by atoms with Crippen molar-refractivity contribution in [3.63, 3.8) is 0 Å². The smallest absolute Gasteiger partial charge is 0.253 e. The molecule has 0 spiro atoms. The van der Waals surface area contributed by atoms with Crippen LogP contribution in [0.5, 0.6) is 0 Å². The van der Waals surface area contributed by atoms with Crippen molar-refractivity contribution >= 4 is 34.4 Å². The monoisotopic (exact) mass is 434 g/mol. The molecule has 0 aromatic heterocycles. The number of halogens is 1. The molecule has 0 unspecified atom stereocenters. The minimum Gasteiger partial charge on any atom is -0.349 e. The molecule has 1 saturated heterocycles. The topological polar surface area (TPSA) is 49.4 Å². The van der Waals surface area contributed by atoms with E-state index in [4.69, 9.17) is 0 Å². The number of nitrogens with one attached hydrogen (secondary N) is 1. The van der Waals surface area contributed by atoms with Crippen LogP contribution in [0.3, 0.4) is 0 Å². The molecule has 1 N–H and O–H groups in total. The summed E-state index contributed by atoms with van der Waals surface area (Å²) in [5, 5.41) is 3.07. The molecule has 5 heteroatoms. The summed E-state index contributed by atoms with van der Waals surface area (Å²) in [5.74, 6) is 0.0272.